The van der Waals surface area contributed by atoms with Crippen LogP contribution in [-0.4, -0.2) is 24.9 Å². The van der Waals surface area contributed by atoms with Crippen LogP contribution in [0.15, 0.2) is 89.5 Å². The van der Waals surface area contributed by atoms with Crippen LogP contribution >= 0.6 is 11.3 Å². The summed E-state index contributed by atoms with van der Waals surface area (Å²) in [6, 6.07) is 19.7. The van der Waals surface area contributed by atoms with E-state index in [-0.39, 0.29) is 11.9 Å². The Hall–Kier alpha value is -3.91. The quantitative estimate of drug-likeness (QED) is 0.368. The molecular weight excluding hydrogens is 382 g/mol. The lowest BCUT2D eigenvalue weighted by Crippen LogP contribution is -1.92. The molecule has 3 heterocycles. The third-order valence-corrected chi connectivity index (χ3v) is 5.20. The first-order chi connectivity index (χ1) is 14.4. The number of hydrogen-bond donors (Lipinski definition) is 0. The maximum absolute atomic E-state index is 4.76. The van der Waals surface area contributed by atoms with Crippen LogP contribution < -0.4 is 0 Å². The van der Waals surface area contributed by atoms with E-state index in [4.69, 9.17) is 4.98 Å². The van der Waals surface area contributed by atoms with Gasteiger partial charge in [-0.05, 0) is 18.2 Å². The Morgan fingerprint density at radius 3 is 2.28 bits per heavy atom. The normalized spacial score (nSPS) is 11.3. The van der Waals surface area contributed by atoms with Crippen LogP contribution in [0.5, 0.6) is 0 Å². The highest BCUT2D eigenvalue weighted by molar-refractivity contribution is 7.21. The van der Waals surface area contributed by atoms with Gasteiger partial charge in [0.25, 0.3) is 11.9 Å². The van der Waals surface area contributed by atoms with E-state index >= 15 is 0 Å². The molecule has 3 aromatic heterocycles. The average Bonchev–Trinajstić information content (AvgIpc) is 3.23. The van der Waals surface area contributed by atoms with Crippen molar-refractivity contribution in [3.8, 4) is 21.8 Å². The van der Waals surface area contributed by atoms with E-state index < -0.39 is 0 Å². The van der Waals surface area contributed by atoms with Crippen molar-refractivity contribution in [1.29, 1.82) is 0 Å². The summed E-state index contributed by atoms with van der Waals surface area (Å²) in [6.07, 6.45) is 4.95. The lowest BCUT2D eigenvalue weighted by molar-refractivity contribution is 1.02. The van der Waals surface area contributed by atoms with Gasteiger partial charge in [-0.1, -0.05) is 42.5 Å². The third-order valence-electron chi connectivity index (χ3n) is 4.13. The Labute approximate surface area is 169 Å². The number of benzene rings is 2. The summed E-state index contributed by atoms with van der Waals surface area (Å²) in [5.74, 6) is 0.494. The number of rotatable bonds is 4. The van der Waals surface area contributed by atoms with Gasteiger partial charge in [0.1, 0.15) is 5.01 Å². The first kappa shape index (κ1) is 17.2. The molecule has 0 unspecified atom stereocenters. The van der Waals surface area contributed by atoms with Gasteiger partial charge < -0.3 is 0 Å². The summed E-state index contributed by atoms with van der Waals surface area (Å²) >= 11 is 1.61. The average molecular weight is 395 g/mol. The van der Waals surface area contributed by atoms with Gasteiger partial charge in [-0.3, -0.25) is 0 Å². The first-order valence-corrected chi connectivity index (χ1v) is 9.66. The lowest BCUT2D eigenvalue weighted by atomic mass is 10.1. The molecule has 0 amide bonds. The van der Waals surface area contributed by atoms with Gasteiger partial charge in [0.15, 0.2) is 0 Å². The molecule has 5 aromatic rings. The van der Waals surface area contributed by atoms with Crippen molar-refractivity contribution < 1.29 is 0 Å². The summed E-state index contributed by atoms with van der Waals surface area (Å²) in [6.45, 7) is 0. The molecule has 0 saturated carbocycles. The van der Waals surface area contributed by atoms with E-state index in [0.717, 1.165) is 32.0 Å². The molecule has 8 heteroatoms. The largest absolute Gasteiger partial charge is 0.269 e. The van der Waals surface area contributed by atoms with Crippen LogP contribution in [0.3, 0.4) is 0 Å². The molecule has 0 bridgehead atoms. The highest BCUT2D eigenvalue weighted by atomic mass is 32.1. The zero-order valence-electron chi connectivity index (χ0n) is 15.0. The molecule has 138 valence electrons. The number of nitrogens with zero attached hydrogens (tertiary/aromatic N) is 7. The fourth-order valence-electron chi connectivity index (χ4n) is 2.81. The number of azo groups is 1. The molecule has 0 aliphatic rings. The van der Waals surface area contributed by atoms with Crippen molar-refractivity contribution in [1.82, 2.24) is 24.9 Å². The van der Waals surface area contributed by atoms with E-state index in [0.29, 0.717) is 0 Å². The van der Waals surface area contributed by atoms with Crippen LogP contribution in [-0.2, 0) is 0 Å². The Morgan fingerprint density at radius 2 is 1.45 bits per heavy atom. The number of aromatic nitrogens is 5. The van der Waals surface area contributed by atoms with Crippen molar-refractivity contribution in [2.24, 2.45) is 10.2 Å². The van der Waals surface area contributed by atoms with Gasteiger partial charge in [-0.2, -0.15) is 0 Å². The number of fused-ring (bicyclic) bond motifs is 1. The Bertz CT molecular complexity index is 1270. The fourth-order valence-corrected chi connectivity index (χ4v) is 3.79. The lowest BCUT2D eigenvalue weighted by Gasteiger charge is -2.06. The monoisotopic (exact) mass is 395 g/mol. The molecule has 0 fully saturated rings. The number of thiazole rings is 1. The molecule has 0 spiro atoms. The van der Waals surface area contributed by atoms with Crippen molar-refractivity contribution in [3.05, 3.63) is 79.3 Å². The van der Waals surface area contributed by atoms with Crippen LogP contribution in [0.4, 0.5) is 11.9 Å². The molecule has 0 saturated heterocycles. The minimum absolute atomic E-state index is 0.237. The number of para-hydroxylation sites is 1. The molecule has 0 N–H and O–H groups in total. The molecule has 0 aliphatic heterocycles. The summed E-state index contributed by atoms with van der Waals surface area (Å²) in [5, 5.41) is 8.98. The fraction of sp³-hybridized carbons (Fsp3) is 0. The predicted octanol–water partition coefficient (Wildman–Crippen LogP) is 5.63. The second-order valence-electron chi connectivity index (χ2n) is 6.03. The Morgan fingerprint density at radius 1 is 0.690 bits per heavy atom. The minimum atomic E-state index is 0.237. The van der Waals surface area contributed by atoms with Gasteiger partial charge >= 0.3 is 0 Å². The van der Waals surface area contributed by atoms with Gasteiger partial charge in [-0.25, -0.2) is 24.9 Å². The maximum Gasteiger partial charge on any atom is 0.269 e. The van der Waals surface area contributed by atoms with Gasteiger partial charge in [0.2, 0.25) is 0 Å². The molecule has 0 atom stereocenters. The summed E-state index contributed by atoms with van der Waals surface area (Å²) in [5.41, 5.74) is 3.52. The zero-order valence-corrected chi connectivity index (χ0v) is 15.9. The molecule has 0 aliphatic carbocycles. The van der Waals surface area contributed by atoms with E-state index in [1.807, 2.05) is 48.5 Å². The summed E-state index contributed by atoms with van der Waals surface area (Å²) < 4.78 is 1.12. The van der Waals surface area contributed by atoms with E-state index in [9.17, 15) is 0 Å². The van der Waals surface area contributed by atoms with Crippen LogP contribution in [0.2, 0.25) is 0 Å². The van der Waals surface area contributed by atoms with Crippen molar-refractivity contribution in [3.63, 3.8) is 0 Å². The Kier molecular flexibility index (Phi) is 4.51. The molecular formula is C21H13N7S. The second-order valence-corrected chi connectivity index (χ2v) is 7.06. The van der Waals surface area contributed by atoms with Crippen molar-refractivity contribution >= 4 is 33.5 Å². The van der Waals surface area contributed by atoms with Gasteiger partial charge in [0.05, 0.1) is 21.5 Å². The Balaban J connectivity index is 1.62. The van der Waals surface area contributed by atoms with Crippen LogP contribution in [0, 0.1) is 0 Å². The zero-order chi connectivity index (χ0) is 19.5. The first-order valence-electron chi connectivity index (χ1n) is 8.84. The van der Waals surface area contributed by atoms with Crippen molar-refractivity contribution in [2.45, 2.75) is 0 Å². The summed E-state index contributed by atoms with van der Waals surface area (Å²) in [4.78, 5) is 21.8. The molecule has 2 aromatic carbocycles. The van der Waals surface area contributed by atoms with Gasteiger partial charge in [-0.15, -0.1) is 21.6 Å². The van der Waals surface area contributed by atoms with Crippen LogP contribution in [0.1, 0.15) is 0 Å². The SMILES string of the molecule is c1ccc(-c2nc(N=Nc3ncccn3)ncc2-c2nc3ccccc3s2)cc1. The molecule has 0 radical (unpaired) electrons. The van der Waals surface area contributed by atoms with Gasteiger partial charge in [0, 0.05) is 24.2 Å². The predicted molar refractivity (Wildman–Crippen MR) is 112 cm³/mol. The second kappa shape index (κ2) is 7.61. The number of hydrogen-bond acceptors (Lipinski definition) is 8. The molecule has 7 nitrogen and oxygen atoms in total. The van der Waals surface area contributed by atoms with Crippen LogP contribution in [0.25, 0.3) is 32.0 Å². The smallest absolute Gasteiger partial charge is 0.236 e. The van der Waals surface area contributed by atoms with Crippen molar-refractivity contribution in [2.75, 3.05) is 0 Å². The standard InChI is InChI=1S/C21H13N7S/c1-2-7-14(8-3-1)18-15(19-25-16-9-4-5-10-17(16)29-19)13-24-21(26-18)28-27-20-22-11-6-12-23-20/h1-13H. The van der Waals surface area contributed by atoms with E-state index in [1.165, 1.54) is 0 Å². The highest BCUT2D eigenvalue weighted by Gasteiger charge is 2.15. The van der Waals surface area contributed by atoms with E-state index in [1.54, 1.807) is 36.0 Å². The van der Waals surface area contributed by atoms with E-state index in [2.05, 4.69) is 36.2 Å². The summed E-state index contributed by atoms with van der Waals surface area (Å²) in [7, 11) is 0. The maximum atomic E-state index is 4.76. The third kappa shape index (κ3) is 3.61. The molecule has 29 heavy (non-hydrogen) atoms. The minimum Gasteiger partial charge on any atom is -0.236 e. The highest BCUT2D eigenvalue weighted by Crippen LogP contribution is 2.36. The topological polar surface area (TPSA) is 89.2 Å². The molecule has 5 rings (SSSR count).